The minimum atomic E-state index is -1.07. The average Bonchev–Trinajstić information content (AvgIpc) is 1.99. The number of ketones is 1. The van der Waals surface area contributed by atoms with Gasteiger partial charge in [0.2, 0.25) is 5.78 Å². The molecule has 0 saturated carbocycles. The number of carbonyl (C=O) groups excluding carboxylic acids is 2. The molecule has 1 atom stereocenters. The van der Waals surface area contributed by atoms with E-state index in [0.717, 1.165) is 12.2 Å². The lowest BCUT2D eigenvalue weighted by Crippen LogP contribution is -2.08. The third-order valence-electron chi connectivity index (χ3n) is 0.786. The quantitative estimate of drug-likeness (QED) is 0.291. The summed E-state index contributed by atoms with van der Waals surface area (Å²) in [6.45, 7) is -0.456. The summed E-state index contributed by atoms with van der Waals surface area (Å²) in [6.07, 6.45) is 1.02. The zero-order chi connectivity index (χ0) is 7.98. The van der Waals surface area contributed by atoms with Crippen LogP contribution in [0.25, 0.3) is 0 Å². The number of aliphatic hydroxyl groups excluding tert-OH is 2. The molecule has 1 unspecified atom stereocenters. The molecule has 4 heteroatoms. The Morgan fingerprint density at radius 3 is 2.60 bits per heavy atom. The Bertz CT molecular complexity index is 150. The van der Waals surface area contributed by atoms with E-state index in [2.05, 4.69) is 0 Å². The number of carbonyl (C=O) groups is 2. The van der Waals surface area contributed by atoms with Crippen molar-refractivity contribution in [3.63, 3.8) is 0 Å². The summed E-state index contributed by atoms with van der Waals surface area (Å²) in [5.41, 5.74) is 0. The summed E-state index contributed by atoms with van der Waals surface area (Å²) >= 11 is 0. The molecule has 0 aromatic heterocycles. The fourth-order valence-corrected chi connectivity index (χ4v) is 0.306. The van der Waals surface area contributed by atoms with Crippen LogP contribution in [0.2, 0.25) is 0 Å². The second kappa shape index (κ2) is 4.84. The van der Waals surface area contributed by atoms with Crippen LogP contribution in [0.5, 0.6) is 0 Å². The molecule has 0 amide bonds. The van der Waals surface area contributed by atoms with Gasteiger partial charge in [0.1, 0.15) is 0 Å². The average molecular weight is 144 g/mol. The van der Waals surface area contributed by atoms with E-state index in [4.69, 9.17) is 10.2 Å². The van der Waals surface area contributed by atoms with Crippen molar-refractivity contribution < 1.29 is 19.8 Å². The van der Waals surface area contributed by atoms with Gasteiger partial charge in [0.25, 0.3) is 0 Å². The predicted molar refractivity (Wildman–Crippen MR) is 33.3 cm³/mol. The lowest BCUT2D eigenvalue weighted by molar-refractivity contribution is -0.126. The summed E-state index contributed by atoms with van der Waals surface area (Å²) < 4.78 is 0. The summed E-state index contributed by atoms with van der Waals surface area (Å²) in [5.74, 6) is -0.729. The van der Waals surface area contributed by atoms with Crippen LogP contribution in [0.4, 0.5) is 0 Å². The van der Waals surface area contributed by atoms with E-state index in [1.165, 1.54) is 0 Å². The van der Waals surface area contributed by atoms with Crippen LogP contribution in [0.1, 0.15) is 0 Å². The summed E-state index contributed by atoms with van der Waals surface area (Å²) in [4.78, 5) is 19.8. The Morgan fingerprint density at radius 1 is 1.60 bits per heavy atom. The van der Waals surface area contributed by atoms with Crippen LogP contribution in [-0.2, 0) is 9.59 Å². The molecule has 4 nitrogen and oxygen atoms in total. The number of aldehydes is 1. The molecule has 0 aliphatic rings. The normalized spacial score (nSPS) is 13.4. The maximum Gasteiger partial charge on any atom is 0.217 e. The van der Waals surface area contributed by atoms with E-state index >= 15 is 0 Å². The molecule has 0 heterocycles. The summed E-state index contributed by atoms with van der Waals surface area (Å²) in [6, 6.07) is 0. The summed E-state index contributed by atoms with van der Waals surface area (Å²) in [5, 5.41) is 16.8. The zero-order valence-corrected chi connectivity index (χ0v) is 5.23. The van der Waals surface area contributed by atoms with Crippen LogP contribution in [-0.4, -0.2) is 35.0 Å². The van der Waals surface area contributed by atoms with Gasteiger partial charge in [-0.15, -0.1) is 0 Å². The van der Waals surface area contributed by atoms with Crippen molar-refractivity contribution in [1.29, 1.82) is 0 Å². The van der Waals surface area contributed by atoms with E-state index in [0.29, 0.717) is 0 Å². The summed E-state index contributed by atoms with van der Waals surface area (Å²) in [7, 11) is 0. The van der Waals surface area contributed by atoms with E-state index in [-0.39, 0.29) is 6.29 Å². The van der Waals surface area contributed by atoms with E-state index in [9.17, 15) is 9.59 Å². The number of hydrogen-bond donors (Lipinski definition) is 2. The van der Waals surface area contributed by atoms with Gasteiger partial charge in [-0.2, -0.15) is 0 Å². The van der Waals surface area contributed by atoms with Gasteiger partial charge in [-0.1, -0.05) is 0 Å². The number of rotatable bonds is 4. The number of aliphatic hydroxyl groups is 2. The van der Waals surface area contributed by atoms with E-state index < -0.39 is 18.5 Å². The van der Waals surface area contributed by atoms with Gasteiger partial charge in [0.15, 0.2) is 6.29 Å². The Labute approximate surface area is 57.8 Å². The standard InChI is InChI=1S/C6H8O4/c7-3-5(9)1-2-6(10)4-8/h1-3,6,8,10H,4H2. The van der Waals surface area contributed by atoms with E-state index in [1.54, 1.807) is 0 Å². The topological polar surface area (TPSA) is 74.6 Å². The van der Waals surface area contributed by atoms with Crippen molar-refractivity contribution in [1.82, 2.24) is 0 Å². The van der Waals surface area contributed by atoms with Gasteiger partial charge in [-0.25, -0.2) is 0 Å². The van der Waals surface area contributed by atoms with Crippen molar-refractivity contribution >= 4 is 12.1 Å². The van der Waals surface area contributed by atoms with Gasteiger partial charge in [-0.05, 0) is 12.2 Å². The highest BCUT2D eigenvalue weighted by Crippen LogP contribution is 1.82. The lowest BCUT2D eigenvalue weighted by atomic mass is 10.3. The van der Waals surface area contributed by atoms with Crippen molar-refractivity contribution in [2.45, 2.75) is 6.10 Å². The molecule has 0 aromatic rings. The number of hydrogen-bond acceptors (Lipinski definition) is 4. The molecule has 0 aliphatic carbocycles. The fourth-order valence-electron chi connectivity index (χ4n) is 0.306. The van der Waals surface area contributed by atoms with E-state index in [1.807, 2.05) is 0 Å². The lowest BCUT2D eigenvalue weighted by Gasteiger charge is -1.95. The zero-order valence-electron chi connectivity index (χ0n) is 5.23. The predicted octanol–water partition coefficient (Wildman–Crippen LogP) is -1.34. The second-order valence-electron chi connectivity index (χ2n) is 1.63. The molecule has 0 spiro atoms. The van der Waals surface area contributed by atoms with Crippen LogP contribution in [0.3, 0.4) is 0 Å². The van der Waals surface area contributed by atoms with Gasteiger partial charge < -0.3 is 10.2 Å². The molecular weight excluding hydrogens is 136 g/mol. The molecule has 0 saturated heterocycles. The van der Waals surface area contributed by atoms with Crippen molar-refractivity contribution in [3.05, 3.63) is 12.2 Å². The molecule has 0 rings (SSSR count). The molecular formula is C6H8O4. The highest BCUT2D eigenvalue weighted by atomic mass is 16.3. The Balaban J connectivity index is 3.74. The Morgan fingerprint density at radius 2 is 2.20 bits per heavy atom. The smallest absolute Gasteiger partial charge is 0.217 e. The minimum Gasteiger partial charge on any atom is -0.393 e. The van der Waals surface area contributed by atoms with Crippen LogP contribution in [0, 0.1) is 0 Å². The number of allylic oxidation sites excluding steroid dienone is 1. The molecule has 56 valence electrons. The van der Waals surface area contributed by atoms with Crippen molar-refractivity contribution in [2.24, 2.45) is 0 Å². The van der Waals surface area contributed by atoms with Crippen LogP contribution >= 0.6 is 0 Å². The third kappa shape index (κ3) is 3.94. The molecule has 0 aliphatic heterocycles. The molecule has 0 radical (unpaired) electrons. The Hall–Kier alpha value is -1.00. The highest BCUT2D eigenvalue weighted by molar-refractivity contribution is 6.30. The van der Waals surface area contributed by atoms with Crippen LogP contribution < -0.4 is 0 Å². The first-order chi connectivity index (χ1) is 4.70. The maximum atomic E-state index is 10.2. The monoisotopic (exact) mass is 144 g/mol. The third-order valence-corrected chi connectivity index (χ3v) is 0.786. The van der Waals surface area contributed by atoms with Gasteiger partial charge in [0.05, 0.1) is 12.7 Å². The van der Waals surface area contributed by atoms with Gasteiger partial charge >= 0.3 is 0 Å². The van der Waals surface area contributed by atoms with Crippen LogP contribution in [0.15, 0.2) is 12.2 Å². The van der Waals surface area contributed by atoms with Crippen molar-refractivity contribution in [3.8, 4) is 0 Å². The molecule has 0 bridgehead atoms. The highest BCUT2D eigenvalue weighted by Gasteiger charge is 1.95. The fraction of sp³-hybridized carbons (Fsp3) is 0.333. The molecule has 0 aromatic carbocycles. The SMILES string of the molecule is O=CC(=O)C=CC(O)CO. The first-order valence-electron chi connectivity index (χ1n) is 2.67. The van der Waals surface area contributed by atoms with Crippen molar-refractivity contribution in [2.75, 3.05) is 6.61 Å². The first-order valence-corrected chi connectivity index (χ1v) is 2.67. The molecule has 0 fully saturated rings. The largest absolute Gasteiger partial charge is 0.393 e. The van der Waals surface area contributed by atoms with Gasteiger partial charge in [0, 0.05) is 0 Å². The maximum absolute atomic E-state index is 10.2. The molecule has 10 heavy (non-hydrogen) atoms. The minimum absolute atomic E-state index is 0.126. The van der Waals surface area contributed by atoms with Gasteiger partial charge in [-0.3, -0.25) is 9.59 Å². The Kier molecular flexibility index (Phi) is 4.36. The second-order valence-corrected chi connectivity index (χ2v) is 1.63. The first kappa shape index (κ1) is 9.00. The molecule has 2 N–H and O–H groups in total.